The van der Waals surface area contributed by atoms with E-state index in [1.54, 1.807) is 28.5 Å². The molecule has 0 aliphatic rings. The van der Waals surface area contributed by atoms with Gasteiger partial charge in [0.1, 0.15) is 11.3 Å². The lowest BCUT2D eigenvalue weighted by atomic mass is 9.76. The molecule has 6 nitrogen and oxygen atoms in total. The molecule has 0 radical (unpaired) electrons. The van der Waals surface area contributed by atoms with Gasteiger partial charge in [0.05, 0.1) is 23.3 Å². The molecule has 0 aliphatic heterocycles. The zero-order valence-corrected chi connectivity index (χ0v) is 20.9. The Morgan fingerprint density at radius 1 is 0.842 bits per heavy atom. The van der Waals surface area contributed by atoms with Gasteiger partial charge in [-0.2, -0.15) is 5.10 Å². The summed E-state index contributed by atoms with van der Waals surface area (Å²) in [5.74, 6) is -1.28. The van der Waals surface area contributed by atoms with Gasteiger partial charge in [0.2, 0.25) is 11.0 Å². The van der Waals surface area contributed by atoms with Gasteiger partial charge in [-0.05, 0) is 53.1 Å². The molecule has 0 fully saturated rings. The van der Waals surface area contributed by atoms with Gasteiger partial charge < -0.3 is 0 Å². The summed E-state index contributed by atoms with van der Waals surface area (Å²) in [5.41, 5.74) is 6.14. The van der Waals surface area contributed by atoms with Crippen molar-refractivity contribution in [1.29, 1.82) is 0 Å². The Labute approximate surface area is 222 Å². The first kappa shape index (κ1) is 23.7. The number of fused-ring (bicyclic) bond motifs is 1. The molecule has 2 heterocycles. The van der Waals surface area contributed by atoms with Crippen LogP contribution >= 0.6 is 11.3 Å². The lowest BCUT2D eigenvalue weighted by Gasteiger charge is -2.28. The Hall–Kier alpha value is -4.69. The minimum Gasteiger partial charge on any atom is -0.300 e. The van der Waals surface area contributed by atoms with Crippen LogP contribution in [0.5, 0.6) is 0 Å². The van der Waals surface area contributed by atoms with Crippen molar-refractivity contribution in [3.63, 3.8) is 0 Å². The maximum absolute atomic E-state index is 13.9. The molecule has 2 aromatic heterocycles. The van der Waals surface area contributed by atoms with Gasteiger partial charge in [-0.15, -0.1) is 10.2 Å². The summed E-state index contributed by atoms with van der Waals surface area (Å²) in [6, 6.07) is 32.2. The Bertz CT molecular complexity index is 1670. The van der Waals surface area contributed by atoms with E-state index in [9.17, 15) is 9.18 Å². The van der Waals surface area contributed by atoms with Gasteiger partial charge >= 0.3 is 0 Å². The van der Waals surface area contributed by atoms with Crippen molar-refractivity contribution in [2.45, 2.75) is 11.8 Å². The maximum Gasteiger partial charge on any atom is 0.234 e. The summed E-state index contributed by atoms with van der Waals surface area (Å²) in [6.45, 7) is 0. The van der Waals surface area contributed by atoms with Crippen molar-refractivity contribution in [2.75, 3.05) is 5.32 Å². The third-order valence-corrected chi connectivity index (χ3v) is 7.15. The van der Waals surface area contributed by atoms with Crippen LogP contribution in [0.25, 0.3) is 16.6 Å². The quantitative estimate of drug-likeness (QED) is 0.259. The molecule has 0 bridgehead atoms. The van der Waals surface area contributed by atoms with Crippen molar-refractivity contribution in [1.82, 2.24) is 20.0 Å². The molecule has 186 valence electrons. The van der Waals surface area contributed by atoms with Crippen molar-refractivity contribution in [3.05, 3.63) is 137 Å². The number of aromatic nitrogens is 4. The van der Waals surface area contributed by atoms with E-state index < -0.39 is 5.92 Å². The van der Waals surface area contributed by atoms with Gasteiger partial charge in [-0.3, -0.25) is 10.1 Å². The molecule has 6 aromatic rings. The number of carbonyl (C=O) groups is 1. The number of hydrogen-bond donors (Lipinski definition) is 1. The molecule has 8 heteroatoms. The molecule has 6 rings (SSSR count). The van der Waals surface area contributed by atoms with Gasteiger partial charge in [-0.1, -0.05) is 78.1 Å². The molecule has 1 N–H and O–H groups in total. The lowest BCUT2D eigenvalue weighted by molar-refractivity contribution is -0.117. The third kappa shape index (κ3) is 4.69. The molecule has 0 aliphatic carbocycles. The highest BCUT2D eigenvalue weighted by molar-refractivity contribution is 7.13. The Morgan fingerprint density at radius 2 is 1.55 bits per heavy atom. The van der Waals surface area contributed by atoms with Crippen LogP contribution in [-0.4, -0.2) is 25.9 Å². The van der Waals surface area contributed by atoms with Crippen molar-refractivity contribution >= 4 is 33.3 Å². The van der Waals surface area contributed by atoms with Crippen LogP contribution in [0.1, 0.15) is 28.5 Å². The molecule has 1 amide bonds. The normalized spacial score (nSPS) is 12.8. The number of nitrogens with one attached hydrogen (secondary N) is 1. The van der Waals surface area contributed by atoms with E-state index in [0.29, 0.717) is 5.13 Å². The number of amides is 1. The highest BCUT2D eigenvalue weighted by Crippen LogP contribution is 2.40. The van der Waals surface area contributed by atoms with Crippen LogP contribution in [0.3, 0.4) is 0 Å². The van der Waals surface area contributed by atoms with E-state index >= 15 is 0 Å². The topological polar surface area (TPSA) is 72.7 Å². The number of benzene rings is 4. The molecule has 0 saturated carbocycles. The Balaban J connectivity index is 1.48. The smallest absolute Gasteiger partial charge is 0.234 e. The highest BCUT2D eigenvalue weighted by atomic mass is 32.1. The first-order valence-corrected chi connectivity index (χ1v) is 13.0. The average Bonchev–Trinajstić information content (AvgIpc) is 3.63. The second-order valence-corrected chi connectivity index (χ2v) is 9.69. The van der Waals surface area contributed by atoms with E-state index in [4.69, 9.17) is 0 Å². The predicted molar refractivity (Wildman–Crippen MR) is 147 cm³/mol. The summed E-state index contributed by atoms with van der Waals surface area (Å²) < 4.78 is 15.3. The fraction of sp³-hybridized carbons (Fsp3) is 0.0667. The van der Waals surface area contributed by atoms with E-state index in [1.165, 1.54) is 23.5 Å². The van der Waals surface area contributed by atoms with E-state index in [0.717, 1.165) is 33.3 Å². The molecule has 0 spiro atoms. The fourth-order valence-electron chi connectivity index (χ4n) is 4.84. The Morgan fingerprint density at radius 3 is 2.24 bits per heavy atom. The van der Waals surface area contributed by atoms with Crippen molar-refractivity contribution < 1.29 is 9.18 Å². The van der Waals surface area contributed by atoms with Crippen molar-refractivity contribution in [2.24, 2.45) is 0 Å². The first-order valence-electron chi connectivity index (χ1n) is 12.1. The van der Waals surface area contributed by atoms with Crippen LogP contribution in [0.2, 0.25) is 0 Å². The van der Waals surface area contributed by atoms with Crippen LogP contribution in [0.15, 0.2) is 115 Å². The largest absolute Gasteiger partial charge is 0.300 e. The minimum atomic E-state index is -0.535. The SMILES string of the molecule is O=C(Nc1nncs1)C(c1ccccc1)C(c1ccccc1)c1ccc2c(cnn2-c2ccc(F)cc2)c1. The lowest BCUT2D eigenvalue weighted by Crippen LogP contribution is -2.27. The average molecular weight is 520 g/mol. The number of halogens is 1. The molecule has 38 heavy (non-hydrogen) atoms. The van der Waals surface area contributed by atoms with Crippen LogP contribution in [-0.2, 0) is 4.79 Å². The second-order valence-electron chi connectivity index (χ2n) is 8.86. The van der Waals surface area contributed by atoms with Gasteiger partial charge in [-0.25, -0.2) is 9.07 Å². The molecule has 4 aromatic carbocycles. The number of anilines is 1. The number of carbonyl (C=O) groups excluding carboxylic acids is 1. The molecular weight excluding hydrogens is 497 g/mol. The monoisotopic (exact) mass is 519 g/mol. The molecule has 2 unspecified atom stereocenters. The van der Waals surface area contributed by atoms with Crippen LogP contribution in [0.4, 0.5) is 9.52 Å². The van der Waals surface area contributed by atoms with Gasteiger partial charge in [0.15, 0.2) is 0 Å². The number of rotatable bonds is 7. The zero-order valence-electron chi connectivity index (χ0n) is 20.1. The summed E-state index contributed by atoms with van der Waals surface area (Å²) in [4.78, 5) is 13.9. The van der Waals surface area contributed by atoms with E-state index in [2.05, 4.69) is 26.7 Å². The zero-order chi connectivity index (χ0) is 25.9. The predicted octanol–water partition coefficient (Wildman–Crippen LogP) is 6.57. The molecule has 0 saturated heterocycles. The third-order valence-electron chi connectivity index (χ3n) is 6.55. The van der Waals surface area contributed by atoms with Crippen LogP contribution < -0.4 is 5.32 Å². The van der Waals surface area contributed by atoms with E-state index in [-0.39, 0.29) is 17.6 Å². The fourth-order valence-corrected chi connectivity index (χ4v) is 5.28. The summed E-state index contributed by atoms with van der Waals surface area (Å²) in [7, 11) is 0. The van der Waals surface area contributed by atoms with E-state index in [1.807, 2.05) is 72.8 Å². The van der Waals surface area contributed by atoms with Crippen LogP contribution in [0, 0.1) is 5.82 Å². The molecule has 2 atom stereocenters. The number of nitrogens with zero attached hydrogens (tertiary/aromatic N) is 4. The van der Waals surface area contributed by atoms with Gasteiger partial charge in [0, 0.05) is 11.3 Å². The summed E-state index contributed by atoms with van der Waals surface area (Å²) >= 11 is 1.28. The van der Waals surface area contributed by atoms with Gasteiger partial charge in [0.25, 0.3) is 0 Å². The van der Waals surface area contributed by atoms with Crippen molar-refractivity contribution in [3.8, 4) is 5.69 Å². The molecular formula is C30H22FN5OS. The summed E-state index contributed by atoms with van der Waals surface area (Å²) in [6.07, 6.45) is 1.79. The minimum absolute atomic E-state index is 0.163. The standard InChI is InChI=1S/C30H22FN5OS/c31-24-12-14-25(15-13-24)36-26-16-11-22(17-23(26)18-33-36)27(20-7-3-1-4-8-20)28(21-9-5-2-6-10-21)29(37)34-30-35-32-19-38-30/h1-19,27-28H,(H,34,35,37). The highest BCUT2D eigenvalue weighted by Gasteiger charge is 2.33. The summed E-state index contributed by atoms with van der Waals surface area (Å²) in [5, 5.41) is 16.8. The maximum atomic E-state index is 13.9. The number of hydrogen-bond acceptors (Lipinski definition) is 5. The Kier molecular flexibility index (Phi) is 6.46. The first-order chi connectivity index (χ1) is 18.7. The second kappa shape index (κ2) is 10.4.